The van der Waals surface area contributed by atoms with Gasteiger partial charge >= 0.3 is 0 Å². The van der Waals surface area contributed by atoms with Gasteiger partial charge in [-0.3, -0.25) is 9.59 Å². The number of Topliss-reactive ketones (excluding diaryl/α,β-unsaturated/α-hetero) is 1. The summed E-state index contributed by atoms with van der Waals surface area (Å²) >= 11 is 0. The summed E-state index contributed by atoms with van der Waals surface area (Å²) in [5, 5.41) is 11.1. The Morgan fingerprint density at radius 1 is 1.09 bits per heavy atom. The molecule has 33 heavy (non-hydrogen) atoms. The highest BCUT2D eigenvalue weighted by molar-refractivity contribution is 6.46. The highest BCUT2D eigenvalue weighted by Crippen LogP contribution is 2.39. The second-order valence-corrected chi connectivity index (χ2v) is 7.96. The number of amides is 1. The van der Waals surface area contributed by atoms with Crippen molar-refractivity contribution in [2.24, 2.45) is 0 Å². The number of aryl methyl sites for hydroxylation is 1. The van der Waals surface area contributed by atoms with Gasteiger partial charge in [-0.2, -0.15) is 0 Å². The largest absolute Gasteiger partial charge is 0.507 e. The van der Waals surface area contributed by atoms with Crippen molar-refractivity contribution in [1.82, 2.24) is 9.80 Å². The zero-order valence-electron chi connectivity index (χ0n) is 19.6. The average Bonchev–Trinajstić information content (AvgIpc) is 3.09. The van der Waals surface area contributed by atoms with Gasteiger partial charge in [0.15, 0.2) is 11.6 Å². The Balaban J connectivity index is 2.10. The van der Waals surface area contributed by atoms with Crippen LogP contribution >= 0.6 is 0 Å². The van der Waals surface area contributed by atoms with E-state index in [1.54, 1.807) is 0 Å². The molecule has 2 aromatic rings. The number of ketones is 1. The number of likely N-dealkylation sites (tertiary alicyclic amines) is 1. The topological polar surface area (TPSA) is 70.1 Å². The van der Waals surface area contributed by atoms with Crippen LogP contribution in [0.1, 0.15) is 43.5 Å². The smallest absolute Gasteiger partial charge is 0.295 e. The number of carbonyl (C=O) groups excluding carboxylic acids is 2. The van der Waals surface area contributed by atoms with Gasteiger partial charge in [-0.25, -0.2) is 4.39 Å². The normalized spacial score (nSPS) is 17.8. The van der Waals surface area contributed by atoms with Crippen LogP contribution in [0, 0.1) is 5.82 Å². The minimum Gasteiger partial charge on any atom is -0.507 e. The Morgan fingerprint density at radius 3 is 2.30 bits per heavy atom. The maximum absolute atomic E-state index is 14.3. The number of nitrogens with zero attached hydrogens (tertiary/aromatic N) is 2. The summed E-state index contributed by atoms with van der Waals surface area (Å²) < 4.78 is 19.3. The summed E-state index contributed by atoms with van der Waals surface area (Å²) in [6, 6.07) is 10.9. The summed E-state index contributed by atoms with van der Waals surface area (Å²) in [5.41, 5.74) is 1.93. The maximum Gasteiger partial charge on any atom is 0.295 e. The van der Waals surface area contributed by atoms with E-state index in [0.29, 0.717) is 13.1 Å². The second-order valence-electron chi connectivity index (χ2n) is 7.96. The van der Waals surface area contributed by atoms with Gasteiger partial charge < -0.3 is 19.6 Å². The molecular formula is C26H31FN2O4. The highest BCUT2D eigenvalue weighted by Gasteiger charge is 2.46. The van der Waals surface area contributed by atoms with Crippen LogP contribution in [0.15, 0.2) is 48.0 Å². The van der Waals surface area contributed by atoms with Crippen molar-refractivity contribution in [3.8, 4) is 5.75 Å². The van der Waals surface area contributed by atoms with Crippen LogP contribution in [0.3, 0.4) is 0 Å². The lowest BCUT2D eigenvalue weighted by Crippen LogP contribution is -2.38. The molecule has 1 N–H and O–H groups in total. The van der Waals surface area contributed by atoms with Crippen LogP contribution in [-0.4, -0.2) is 59.9 Å². The molecule has 0 aliphatic carbocycles. The molecule has 1 aliphatic rings. The minimum absolute atomic E-state index is 0.0259. The number of hydrogen-bond acceptors (Lipinski definition) is 5. The molecule has 1 saturated heterocycles. The van der Waals surface area contributed by atoms with E-state index in [0.717, 1.165) is 36.7 Å². The van der Waals surface area contributed by atoms with Gasteiger partial charge in [0.05, 0.1) is 18.7 Å². The zero-order valence-corrected chi connectivity index (χ0v) is 19.6. The minimum atomic E-state index is -0.771. The van der Waals surface area contributed by atoms with E-state index in [-0.39, 0.29) is 16.9 Å². The number of likely N-dealkylation sites (N-methyl/N-ethyl adjacent to an activating group) is 1. The first-order valence-corrected chi connectivity index (χ1v) is 11.3. The first-order valence-electron chi connectivity index (χ1n) is 11.3. The Kier molecular flexibility index (Phi) is 7.87. The van der Waals surface area contributed by atoms with Gasteiger partial charge in [0.25, 0.3) is 11.7 Å². The lowest BCUT2D eigenvalue weighted by molar-refractivity contribution is -0.140. The van der Waals surface area contributed by atoms with Crippen molar-refractivity contribution >= 4 is 17.4 Å². The third kappa shape index (κ3) is 4.93. The molecule has 0 spiro atoms. The van der Waals surface area contributed by atoms with Crippen molar-refractivity contribution in [2.75, 3.05) is 33.3 Å². The third-order valence-electron chi connectivity index (χ3n) is 6.22. The number of halogens is 1. The maximum atomic E-state index is 14.3. The molecule has 0 bridgehead atoms. The summed E-state index contributed by atoms with van der Waals surface area (Å²) in [6.45, 7) is 8.70. The van der Waals surface area contributed by atoms with Crippen molar-refractivity contribution in [1.29, 1.82) is 0 Å². The van der Waals surface area contributed by atoms with E-state index in [1.807, 2.05) is 45.0 Å². The Labute approximate surface area is 194 Å². The predicted octanol–water partition coefficient (Wildman–Crippen LogP) is 4.16. The standard InChI is InChI=1S/C26H31FN2O4/c1-5-17-8-10-18(11-9-17)23-22(24(30)19-12-13-21(33-4)20(27)16-19)25(31)26(32)29(23)15-14-28(6-2)7-3/h8-13,16,23,30H,5-7,14-15H2,1-4H3/t23-/m1/s1. The molecule has 1 amide bonds. The number of aliphatic hydroxyl groups excluding tert-OH is 1. The number of ether oxygens (including phenoxy) is 1. The molecule has 1 fully saturated rings. The molecule has 0 aromatic heterocycles. The fraction of sp³-hybridized carbons (Fsp3) is 0.385. The lowest BCUT2D eigenvalue weighted by atomic mass is 9.94. The molecule has 0 radical (unpaired) electrons. The highest BCUT2D eigenvalue weighted by atomic mass is 19.1. The predicted molar refractivity (Wildman–Crippen MR) is 126 cm³/mol. The first kappa shape index (κ1) is 24.5. The van der Waals surface area contributed by atoms with Gasteiger partial charge in [0, 0.05) is 18.7 Å². The second kappa shape index (κ2) is 10.6. The van der Waals surface area contributed by atoms with Crippen molar-refractivity contribution in [3.63, 3.8) is 0 Å². The van der Waals surface area contributed by atoms with Gasteiger partial charge in [0.2, 0.25) is 0 Å². The first-order chi connectivity index (χ1) is 15.9. The lowest BCUT2D eigenvalue weighted by Gasteiger charge is -2.28. The molecule has 176 valence electrons. The third-order valence-corrected chi connectivity index (χ3v) is 6.22. The Morgan fingerprint density at radius 2 is 1.76 bits per heavy atom. The monoisotopic (exact) mass is 454 g/mol. The quantitative estimate of drug-likeness (QED) is 0.350. The molecule has 1 heterocycles. The fourth-order valence-corrected chi connectivity index (χ4v) is 4.15. The van der Waals surface area contributed by atoms with Gasteiger partial charge in [-0.15, -0.1) is 0 Å². The summed E-state index contributed by atoms with van der Waals surface area (Å²) in [5.74, 6) is -2.47. The molecule has 0 unspecified atom stereocenters. The van der Waals surface area contributed by atoms with Crippen molar-refractivity contribution < 1.29 is 23.8 Å². The van der Waals surface area contributed by atoms with Crippen LogP contribution in [0.4, 0.5) is 4.39 Å². The molecule has 1 atom stereocenters. The Hall–Kier alpha value is -3.19. The van der Waals surface area contributed by atoms with Gasteiger partial charge in [-0.1, -0.05) is 45.0 Å². The summed E-state index contributed by atoms with van der Waals surface area (Å²) in [7, 11) is 1.35. The van der Waals surface area contributed by atoms with Crippen molar-refractivity contribution in [2.45, 2.75) is 33.2 Å². The van der Waals surface area contributed by atoms with E-state index in [4.69, 9.17) is 4.74 Å². The molecular weight excluding hydrogens is 423 g/mol. The van der Waals surface area contributed by atoms with E-state index in [2.05, 4.69) is 4.90 Å². The molecule has 7 heteroatoms. The summed E-state index contributed by atoms with van der Waals surface area (Å²) in [4.78, 5) is 29.8. The number of benzene rings is 2. The fourth-order valence-electron chi connectivity index (χ4n) is 4.15. The summed E-state index contributed by atoms with van der Waals surface area (Å²) in [6.07, 6.45) is 0.855. The molecule has 6 nitrogen and oxygen atoms in total. The van der Waals surface area contributed by atoms with Crippen LogP contribution < -0.4 is 4.74 Å². The van der Waals surface area contributed by atoms with Crippen molar-refractivity contribution in [3.05, 3.63) is 70.5 Å². The average molecular weight is 455 g/mol. The molecule has 0 saturated carbocycles. The number of methoxy groups -OCH3 is 1. The van der Waals surface area contributed by atoms with Gasteiger partial charge in [0.1, 0.15) is 5.76 Å². The number of aliphatic hydroxyl groups is 1. The molecule has 3 rings (SSSR count). The molecule has 1 aliphatic heterocycles. The zero-order chi connectivity index (χ0) is 24.1. The number of hydrogen-bond donors (Lipinski definition) is 1. The van der Waals surface area contributed by atoms with E-state index in [9.17, 15) is 19.1 Å². The number of rotatable bonds is 9. The van der Waals surface area contributed by atoms with Crippen LogP contribution in [0.2, 0.25) is 0 Å². The van der Waals surface area contributed by atoms with Gasteiger partial charge in [-0.05, 0) is 48.8 Å². The van der Waals surface area contributed by atoms with E-state index < -0.39 is 29.3 Å². The van der Waals surface area contributed by atoms with Crippen LogP contribution in [0.25, 0.3) is 5.76 Å². The number of carbonyl (C=O) groups is 2. The van der Waals surface area contributed by atoms with E-state index >= 15 is 0 Å². The molecule has 2 aromatic carbocycles. The van der Waals surface area contributed by atoms with Crippen LogP contribution in [0.5, 0.6) is 5.75 Å². The van der Waals surface area contributed by atoms with E-state index in [1.165, 1.54) is 24.1 Å². The Bertz CT molecular complexity index is 1040. The van der Waals surface area contributed by atoms with Crippen LogP contribution in [-0.2, 0) is 16.0 Å². The SMILES string of the molecule is CCc1ccc([C@@H]2C(=C(O)c3ccc(OC)c(F)c3)C(=O)C(=O)N2CCN(CC)CC)cc1.